The molecule has 6 nitrogen and oxygen atoms in total. The van der Waals surface area contributed by atoms with Gasteiger partial charge in [0.1, 0.15) is 11.6 Å². The molecule has 4 rings (SSSR count). The second-order valence-electron chi connectivity index (χ2n) is 7.58. The van der Waals surface area contributed by atoms with Gasteiger partial charge in [-0.05, 0) is 43.7 Å². The van der Waals surface area contributed by atoms with Gasteiger partial charge in [-0.1, -0.05) is 23.7 Å². The third-order valence-electron chi connectivity index (χ3n) is 5.76. The first-order valence-corrected chi connectivity index (χ1v) is 10.8. The van der Waals surface area contributed by atoms with Gasteiger partial charge in [0.25, 0.3) is 5.91 Å². The number of nitriles is 1. The Bertz CT molecular complexity index is 1240. The summed E-state index contributed by atoms with van der Waals surface area (Å²) in [6, 6.07) is 14.9. The number of pyridine rings is 1. The topological polar surface area (TPSA) is 69.3 Å². The van der Waals surface area contributed by atoms with Crippen LogP contribution in [0, 0.1) is 11.3 Å². The Morgan fingerprint density at radius 1 is 1.13 bits per heavy atom. The van der Waals surface area contributed by atoms with Gasteiger partial charge in [-0.15, -0.1) is 0 Å². The molecule has 0 aliphatic carbocycles. The van der Waals surface area contributed by atoms with Crippen molar-refractivity contribution in [3.63, 3.8) is 0 Å². The van der Waals surface area contributed by atoms with E-state index in [-0.39, 0.29) is 16.9 Å². The Hall–Kier alpha value is -3.30. The van der Waals surface area contributed by atoms with E-state index in [1.807, 2.05) is 35.8 Å². The van der Waals surface area contributed by atoms with Crippen molar-refractivity contribution >= 4 is 34.1 Å². The third-order valence-corrected chi connectivity index (χ3v) is 6.00. The first-order chi connectivity index (χ1) is 15.0. The summed E-state index contributed by atoms with van der Waals surface area (Å²) in [5.74, 6) is -0.260. The van der Waals surface area contributed by atoms with Gasteiger partial charge in [0.2, 0.25) is 5.43 Å². The van der Waals surface area contributed by atoms with Crippen molar-refractivity contribution < 1.29 is 4.79 Å². The fourth-order valence-electron chi connectivity index (χ4n) is 4.16. The van der Waals surface area contributed by atoms with Gasteiger partial charge < -0.3 is 14.4 Å². The number of amides is 1. The van der Waals surface area contributed by atoms with E-state index >= 15 is 0 Å². The van der Waals surface area contributed by atoms with E-state index in [0.717, 1.165) is 24.2 Å². The molecule has 0 N–H and O–H groups in total. The van der Waals surface area contributed by atoms with Crippen molar-refractivity contribution in [2.45, 2.75) is 19.9 Å². The quantitative estimate of drug-likeness (QED) is 0.627. The number of rotatable bonds is 3. The number of fused-ring (bicyclic) bond motifs is 1. The van der Waals surface area contributed by atoms with Crippen LogP contribution >= 0.6 is 11.6 Å². The summed E-state index contributed by atoms with van der Waals surface area (Å²) in [5.41, 5.74) is 2.15. The number of hydrogen-bond acceptors (Lipinski definition) is 4. The first-order valence-electron chi connectivity index (χ1n) is 10.4. The molecule has 0 spiro atoms. The van der Waals surface area contributed by atoms with Crippen LogP contribution in [0.15, 0.2) is 53.5 Å². The molecule has 0 unspecified atom stereocenters. The number of anilines is 1. The molecule has 1 fully saturated rings. The summed E-state index contributed by atoms with van der Waals surface area (Å²) in [6.45, 7) is 5.00. The molecule has 1 aromatic heterocycles. The van der Waals surface area contributed by atoms with Crippen LogP contribution in [0.3, 0.4) is 0 Å². The summed E-state index contributed by atoms with van der Waals surface area (Å²) in [6.07, 6.45) is 2.42. The number of hydrogen-bond donors (Lipinski definition) is 0. The van der Waals surface area contributed by atoms with Gasteiger partial charge in [0.05, 0.1) is 16.8 Å². The molecule has 2 heterocycles. The van der Waals surface area contributed by atoms with Gasteiger partial charge in [-0.2, -0.15) is 5.26 Å². The SMILES string of the molecule is CCn1cc(C(=O)N2CCCN(c3ccccc3C#N)CC2)c(=O)c2cc(Cl)ccc21. The predicted molar refractivity (Wildman–Crippen MR) is 123 cm³/mol. The first kappa shape index (κ1) is 21.0. The highest BCUT2D eigenvalue weighted by Gasteiger charge is 2.24. The average Bonchev–Trinajstić information content (AvgIpc) is 3.05. The van der Waals surface area contributed by atoms with E-state index < -0.39 is 0 Å². The van der Waals surface area contributed by atoms with E-state index in [0.29, 0.717) is 42.2 Å². The van der Waals surface area contributed by atoms with E-state index in [1.165, 1.54) is 0 Å². The van der Waals surface area contributed by atoms with Gasteiger partial charge in [-0.25, -0.2) is 0 Å². The van der Waals surface area contributed by atoms with Crippen molar-refractivity contribution in [2.75, 3.05) is 31.1 Å². The molecular weight excluding hydrogens is 412 g/mol. The van der Waals surface area contributed by atoms with Gasteiger partial charge in [0.15, 0.2) is 0 Å². The fraction of sp³-hybridized carbons (Fsp3) is 0.292. The lowest BCUT2D eigenvalue weighted by molar-refractivity contribution is 0.0765. The molecule has 0 bridgehead atoms. The zero-order valence-corrected chi connectivity index (χ0v) is 18.1. The van der Waals surface area contributed by atoms with Crippen LogP contribution in [0.4, 0.5) is 5.69 Å². The normalized spacial score (nSPS) is 14.4. The zero-order valence-electron chi connectivity index (χ0n) is 17.3. The van der Waals surface area contributed by atoms with E-state index in [4.69, 9.17) is 11.6 Å². The van der Waals surface area contributed by atoms with Crippen LogP contribution in [0.1, 0.15) is 29.3 Å². The second kappa shape index (κ2) is 8.83. The number of aromatic nitrogens is 1. The lowest BCUT2D eigenvalue weighted by Crippen LogP contribution is -2.38. The highest BCUT2D eigenvalue weighted by Crippen LogP contribution is 2.22. The van der Waals surface area contributed by atoms with Crippen LogP contribution in [0.2, 0.25) is 5.02 Å². The maximum atomic E-state index is 13.3. The molecule has 0 saturated carbocycles. The zero-order chi connectivity index (χ0) is 22.0. The summed E-state index contributed by atoms with van der Waals surface area (Å²) >= 11 is 6.12. The van der Waals surface area contributed by atoms with Crippen molar-refractivity contribution in [1.29, 1.82) is 5.26 Å². The number of aryl methyl sites for hydroxylation is 1. The average molecular weight is 435 g/mol. The summed E-state index contributed by atoms with van der Waals surface area (Å²) in [7, 11) is 0. The monoisotopic (exact) mass is 434 g/mol. The van der Waals surface area contributed by atoms with Crippen LogP contribution < -0.4 is 10.3 Å². The molecule has 2 aromatic carbocycles. The lowest BCUT2D eigenvalue weighted by Gasteiger charge is -2.24. The molecule has 31 heavy (non-hydrogen) atoms. The van der Waals surface area contributed by atoms with E-state index in [9.17, 15) is 14.9 Å². The maximum absolute atomic E-state index is 13.3. The molecule has 1 saturated heterocycles. The summed E-state index contributed by atoms with van der Waals surface area (Å²) in [4.78, 5) is 30.3. The van der Waals surface area contributed by atoms with Gasteiger partial charge in [0, 0.05) is 49.3 Å². The van der Waals surface area contributed by atoms with E-state index in [1.54, 1.807) is 29.3 Å². The Morgan fingerprint density at radius 2 is 1.94 bits per heavy atom. The molecule has 0 radical (unpaired) electrons. The lowest BCUT2D eigenvalue weighted by atomic mass is 10.1. The minimum Gasteiger partial charge on any atom is -0.369 e. The van der Waals surface area contributed by atoms with Crippen molar-refractivity contribution in [2.24, 2.45) is 0 Å². The molecule has 7 heteroatoms. The Balaban J connectivity index is 1.63. The predicted octanol–water partition coefficient (Wildman–Crippen LogP) is 3.90. The number of para-hydroxylation sites is 1. The van der Waals surface area contributed by atoms with Gasteiger partial charge >= 0.3 is 0 Å². The molecule has 1 amide bonds. The highest BCUT2D eigenvalue weighted by atomic mass is 35.5. The maximum Gasteiger partial charge on any atom is 0.259 e. The Kier molecular flexibility index (Phi) is 5.97. The number of benzene rings is 2. The van der Waals surface area contributed by atoms with Crippen molar-refractivity contribution in [1.82, 2.24) is 9.47 Å². The Morgan fingerprint density at radius 3 is 2.71 bits per heavy atom. The molecular formula is C24H23ClN4O2. The molecule has 3 aromatic rings. The number of halogens is 1. The fourth-order valence-corrected chi connectivity index (χ4v) is 4.33. The van der Waals surface area contributed by atoms with Crippen LogP contribution in [-0.2, 0) is 6.54 Å². The van der Waals surface area contributed by atoms with Crippen LogP contribution in [-0.4, -0.2) is 41.6 Å². The highest BCUT2D eigenvalue weighted by molar-refractivity contribution is 6.31. The van der Waals surface area contributed by atoms with Crippen LogP contribution in [0.5, 0.6) is 0 Å². The molecule has 1 aliphatic rings. The number of carbonyl (C=O) groups is 1. The second-order valence-corrected chi connectivity index (χ2v) is 8.02. The molecule has 158 valence electrons. The molecule has 1 aliphatic heterocycles. The minimum absolute atomic E-state index is 0.169. The van der Waals surface area contributed by atoms with Crippen molar-refractivity contribution in [3.8, 4) is 6.07 Å². The van der Waals surface area contributed by atoms with Crippen LogP contribution in [0.25, 0.3) is 10.9 Å². The molecule has 0 atom stereocenters. The largest absolute Gasteiger partial charge is 0.369 e. The number of carbonyl (C=O) groups excluding carboxylic acids is 1. The minimum atomic E-state index is -0.289. The summed E-state index contributed by atoms with van der Waals surface area (Å²) < 4.78 is 1.91. The van der Waals surface area contributed by atoms with E-state index in [2.05, 4.69) is 11.0 Å². The van der Waals surface area contributed by atoms with Crippen molar-refractivity contribution in [3.05, 3.63) is 75.0 Å². The number of nitrogens with zero attached hydrogens (tertiary/aromatic N) is 4. The smallest absolute Gasteiger partial charge is 0.259 e. The summed E-state index contributed by atoms with van der Waals surface area (Å²) in [5, 5.41) is 10.3. The Labute approximate surface area is 185 Å². The van der Waals surface area contributed by atoms with Gasteiger partial charge in [-0.3, -0.25) is 9.59 Å². The third kappa shape index (κ3) is 4.01. The standard InChI is InChI=1S/C24H23ClN4O2/c1-2-27-16-20(23(30)19-14-18(25)8-9-22(19)27)24(31)29-11-5-10-28(12-13-29)21-7-4-3-6-17(21)15-26/h3-4,6-9,14,16H,2,5,10-13H2,1H3.